The zero-order valence-corrected chi connectivity index (χ0v) is 10.2. The lowest BCUT2D eigenvalue weighted by molar-refractivity contribution is 0.415. The van der Waals surface area contributed by atoms with E-state index in [4.69, 9.17) is 22.1 Å². The van der Waals surface area contributed by atoms with E-state index in [0.29, 0.717) is 5.02 Å². The monoisotopic (exact) mass is 248 g/mol. The summed E-state index contributed by atoms with van der Waals surface area (Å²) in [6.45, 7) is 0. The van der Waals surface area contributed by atoms with Crippen LogP contribution in [0.1, 0.15) is 0 Å². The molecule has 2 aromatic rings. The molecular formula is C13H13ClN2O. The number of nitrogens with one attached hydrogen (secondary N) is 1. The summed E-state index contributed by atoms with van der Waals surface area (Å²) in [7, 11) is 1.61. The summed E-state index contributed by atoms with van der Waals surface area (Å²) >= 11 is 6.12. The van der Waals surface area contributed by atoms with Crippen LogP contribution in [0.3, 0.4) is 0 Å². The Bertz CT molecular complexity index is 511. The Morgan fingerprint density at radius 2 is 1.82 bits per heavy atom. The van der Waals surface area contributed by atoms with Gasteiger partial charge in [0.15, 0.2) is 0 Å². The standard InChI is InChI=1S/C13H13ClN2O/c1-17-11-6-7-13(12(14)8-11)16-10-4-2-9(15)3-5-10/h2-8,16H,15H2,1H3. The molecule has 0 spiro atoms. The molecule has 0 heterocycles. The van der Waals surface area contributed by atoms with Gasteiger partial charge in [0.1, 0.15) is 5.75 Å². The van der Waals surface area contributed by atoms with Crippen LogP contribution in [0, 0.1) is 0 Å². The number of anilines is 3. The molecule has 0 saturated carbocycles. The largest absolute Gasteiger partial charge is 0.497 e. The van der Waals surface area contributed by atoms with Gasteiger partial charge in [0.25, 0.3) is 0 Å². The van der Waals surface area contributed by atoms with E-state index in [1.54, 1.807) is 13.2 Å². The summed E-state index contributed by atoms with van der Waals surface area (Å²) in [6.07, 6.45) is 0. The fourth-order valence-corrected chi connectivity index (χ4v) is 1.66. The number of halogens is 1. The van der Waals surface area contributed by atoms with E-state index < -0.39 is 0 Å². The molecule has 0 atom stereocenters. The molecule has 0 amide bonds. The molecule has 17 heavy (non-hydrogen) atoms. The van der Waals surface area contributed by atoms with Crippen molar-refractivity contribution in [2.45, 2.75) is 0 Å². The van der Waals surface area contributed by atoms with Gasteiger partial charge in [0.05, 0.1) is 17.8 Å². The molecule has 3 nitrogen and oxygen atoms in total. The maximum Gasteiger partial charge on any atom is 0.120 e. The Balaban J connectivity index is 2.21. The lowest BCUT2D eigenvalue weighted by Gasteiger charge is -2.09. The summed E-state index contributed by atoms with van der Waals surface area (Å²) in [6, 6.07) is 13.0. The van der Waals surface area contributed by atoms with Gasteiger partial charge in [-0.2, -0.15) is 0 Å². The van der Waals surface area contributed by atoms with Crippen molar-refractivity contribution in [1.82, 2.24) is 0 Å². The smallest absolute Gasteiger partial charge is 0.120 e. The summed E-state index contributed by atoms with van der Waals surface area (Å²) in [5.41, 5.74) is 8.12. The van der Waals surface area contributed by atoms with Crippen molar-refractivity contribution in [2.75, 3.05) is 18.2 Å². The van der Waals surface area contributed by atoms with Crippen LogP contribution in [0.2, 0.25) is 5.02 Å². The maximum absolute atomic E-state index is 6.12. The highest BCUT2D eigenvalue weighted by Crippen LogP contribution is 2.29. The van der Waals surface area contributed by atoms with E-state index in [-0.39, 0.29) is 0 Å². The molecule has 0 saturated heterocycles. The van der Waals surface area contributed by atoms with Gasteiger partial charge in [0, 0.05) is 17.4 Å². The summed E-state index contributed by atoms with van der Waals surface area (Å²) < 4.78 is 5.09. The molecular weight excluding hydrogens is 236 g/mol. The maximum atomic E-state index is 6.12. The molecule has 0 fully saturated rings. The number of ether oxygens (including phenoxy) is 1. The third kappa shape index (κ3) is 2.82. The van der Waals surface area contributed by atoms with Crippen LogP contribution in [0.5, 0.6) is 5.75 Å². The second-order valence-electron chi connectivity index (χ2n) is 3.59. The molecule has 2 aromatic carbocycles. The highest BCUT2D eigenvalue weighted by atomic mass is 35.5. The summed E-state index contributed by atoms with van der Waals surface area (Å²) in [4.78, 5) is 0. The summed E-state index contributed by atoms with van der Waals surface area (Å²) in [5.74, 6) is 0.734. The van der Waals surface area contributed by atoms with Crippen molar-refractivity contribution >= 4 is 28.7 Å². The van der Waals surface area contributed by atoms with E-state index in [0.717, 1.165) is 22.8 Å². The second kappa shape index (κ2) is 4.97. The highest BCUT2D eigenvalue weighted by Gasteiger charge is 2.02. The van der Waals surface area contributed by atoms with Crippen LogP contribution in [0.4, 0.5) is 17.1 Å². The molecule has 88 valence electrons. The fourth-order valence-electron chi connectivity index (χ4n) is 1.45. The minimum Gasteiger partial charge on any atom is -0.497 e. The van der Waals surface area contributed by atoms with Gasteiger partial charge in [0.2, 0.25) is 0 Å². The normalized spacial score (nSPS) is 10.0. The number of hydrogen-bond donors (Lipinski definition) is 2. The predicted octanol–water partition coefficient (Wildman–Crippen LogP) is 3.67. The number of rotatable bonds is 3. The van der Waals surface area contributed by atoms with Crippen LogP contribution in [0.25, 0.3) is 0 Å². The van der Waals surface area contributed by atoms with Crippen LogP contribution >= 0.6 is 11.6 Å². The van der Waals surface area contributed by atoms with Crippen molar-refractivity contribution in [2.24, 2.45) is 0 Å². The predicted molar refractivity (Wildman–Crippen MR) is 72.1 cm³/mol. The number of nitrogens with two attached hydrogens (primary N) is 1. The topological polar surface area (TPSA) is 47.3 Å². The van der Waals surface area contributed by atoms with Gasteiger partial charge in [-0.05, 0) is 36.4 Å². The first kappa shape index (κ1) is 11.6. The van der Waals surface area contributed by atoms with E-state index >= 15 is 0 Å². The number of benzene rings is 2. The van der Waals surface area contributed by atoms with E-state index in [2.05, 4.69) is 5.32 Å². The average Bonchev–Trinajstić information content (AvgIpc) is 2.34. The lowest BCUT2D eigenvalue weighted by atomic mass is 10.2. The van der Waals surface area contributed by atoms with Gasteiger partial charge in [-0.3, -0.25) is 0 Å². The van der Waals surface area contributed by atoms with Gasteiger partial charge >= 0.3 is 0 Å². The molecule has 0 aliphatic carbocycles. The minimum atomic E-state index is 0.612. The molecule has 0 unspecified atom stereocenters. The quantitative estimate of drug-likeness (QED) is 0.815. The molecule has 0 radical (unpaired) electrons. The molecule has 3 N–H and O–H groups in total. The van der Waals surface area contributed by atoms with Gasteiger partial charge in [-0.15, -0.1) is 0 Å². The Labute approximate surface area is 105 Å². The minimum absolute atomic E-state index is 0.612. The van der Waals surface area contributed by atoms with Crippen molar-refractivity contribution in [1.29, 1.82) is 0 Å². The number of nitrogen functional groups attached to an aromatic ring is 1. The Morgan fingerprint density at radius 3 is 2.41 bits per heavy atom. The van der Waals surface area contributed by atoms with Crippen molar-refractivity contribution in [3.8, 4) is 5.75 Å². The van der Waals surface area contributed by atoms with E-state index in [9.17, 15) is 0 Å². The molecule has 0 aliphatic rings. The van der Waals surface area contributed by atoms with Crippen molar-refractivity contribution < 1.29 is 4.74 Å². The van der Waals surface area contributed by atoms with Crippen molar-refractivity contribution in [3.05, 3.63) is 47.5 Å². The SMILES string of the molecule is COc1ccc(Nc2ccc(N)cc2)c(Cl)c1. The first-order valence-corrected chi connectivity index (χ1v) is 5.53. The molecule has 0 aromatic heterocycles. The van der Waals surface area contributed by atoms with Crippen molar-refractivity contribution in [3.63, 3.8) is 0 Å². The zero-order valence-electron chi connectivity index (χ0n) is 9.41. The first-order chi connectivity index (χ1) is 8.19. The Hall–Kier alpha value is -1.87. The van der Waals surface area contributed by atoms with Gasteiger partial charge < -0.3 is 15.8 Å². The summed E-state index contributed by atoms with van der Waals surface area (Å²) in [5, 5.41) is 3.82. The van der Waals surface area contributed by atoms with Crippen LogP contribution in [-0.2, 0) is 0 Å². The molecule has 0 bridgehead atoms. The number of methoxy groups -OCH3 is 1. The molecule has 0 aliphatic heterocycles. The fraction of sp³-hybridized carbons (Fsp3) is 0.0769. The Morgan fingerprint density at radius 1 is 1.12 bits per heavy atom. The van der Waals surface area contributed by atoms with Gasteiger partial charge in [-0.25, -0.2) is 0 Å². The molecule has 4 heteroatoms. The Kier molecular flexibility index (Phi) is 3.40. The van der Waals surface area contributed by atoms with E-state index in [1.807, 2.05) is 36.4 Å². The second-order valence-corrected chi connectivity index (χ2v) is 4.00. The van der Waals surface area contributed by atoms with Gasteiger partial charge in [-0.1, -0.05) is 11.6 Å². The molecule has 2 rings (SSSR count). The first-order valence-electron chi connectivity index (χ1n) is 5.15. The highest BCUT2D eigenvalue weighted by molar-refractivity contribution is 6.33. The zero-order chi connectivity index (χ0) is 12.3. The third-order valence-electron chi connectivity index (χ3n) is 2.37. The van der Waals surface area contributed by atoms with Crippen LogP contribution in [-0.4, -0.2) is 7.11 Å². The average molecular weight is 249 g/mol. The number of hydrogen-bond acceptors (Lipinski definition) is 3. The van der Waals surface area contributed by atoms with Crippen LogP contribution in [0.15, 0.2) is 42.5 Å². The van der Waals surface area contributed by atoms with E-state index in [1.165, 1.54) is 0 Å². The third-order valence-corrected chi connectivity index (χ3v) is 2.68. The lowest BCUT2D eigenvalue weighted by Crippen LogP contribution is -1.92. The van der Waals surface area contributed by atoms with Crippen LogP contribution < -0.4 is 15.8 Å².